The van der Waals surface area contributed by atoms with Crippen LogP contribution in [0.3, 0.4) is 0 Å². The van der Waals surface area contributed by atoms with Crippen LogP contribution < -0.4 is 14.8 Å². The average Bonchev–Trinajstić information content (AvgIpc) is 2.86. The summed E-state index contributed by atoms with van der Waals surface area (Å²) < 4.78 is 11.3. The maximum absolute atomic E-state index is 12.4. The number of aryl methyl sites for hydroxylation is 1. The number of fused-ring (bicyclic) bond motifs is 1. The van der Waals surface area contributed by atoms with E-state index in [2.05, 4.69) is 11.4 Å². The SMILES string of the molecule is CCOc1cc(C[C@@H]2C(=O)Nc3ccc(C)cc32)cc(Cl)c1OCC. The molecule has 0 bridgehead atoms. The fourth-order valence-electron chi connectivity index (χ4n) is 3.17. The highest BCUT2D eigenvalue weighted by atomic mass is 35.5. The topological polar surface area (TPSA) is 47.6 Å². The van der Waals surface area contributed by atoms with Gasteiger partial charge in [-0.3, -0.25) is 4.79 Å². The van der Waals surface area contributed by atoms with Crippen LogP contribution in [0.15, 0.2) is 30.3 Å². The van der Waals surface area contributed by atoms with E-state index in [0.29, 0.717) is 36.2 Å². The van der Waals surface area contributed by atoms with Crippen LogP contribution >= 0.6 is 11.6 Å². The van der Waals surface area contributed by atoms with E-state index in [1.807, 2.05) is 45.0 Å². The van der Waals surface area contributed by atoms with Gasteiger partial charge >= 0.3 is 0 Å². The number of halogens is 1. The molecule has 1 amide bonds. The van der Waals surface area contributed by atoms with Gasteiger partial charge < -0.3 is 14.8 Å². The molecule has 25 heavy (non-hydrogen) atoms. The van der Waals surface area contributed by atoms with E-state index in [0.717, 1.165) is 22.4 Å². The van der Waals surface area contributed by atoms with Gasteiger partial charge in [0.2, 0.25) is 5.91 Å². The lowest BCUT2D eigenvalue weighted by Gasteiger charge is -2.16. The normalized spacial score (nSPS) is 15.7. The summed E-state index contributed by atoms with van der Waals surface area (Å²) in [6.45, 7) is 6.88. The van der Waals surface area contributed by atoms with Crippen LogP contribution in [-0.4, -0.2) is 19.1 Å². The highest BCUT2D eigenvalue weighted by Crippen LogP contribution is 2.40. The van der Waals surface area contributed by atoms with Gasteiger partial charge in [0.15, 0.2) is 11.5 Å². The Hall–Kier alpha value is -2.20. The molecule has 0 aliphatic carbocycles. The number of nitrogens with one attached hydrogen (secondary N) is 1. The third kappa shape index (κ3) is 3.59. The van der Waals surface area contributed by atoms with Crippen molar-refractivity contribution in [3.8, 4) is 11.5 Å². The predicted octanol–water partition coefficient (Wildman–Crippen LogP) is 4.72. The first-order valence-electron chi connectivity index (χ1n) is 8.52. The maximum Gasteiger partial charge on any atom is 0.232 e. The molecule has 0 spiro atoms. The van der Waals surface area contributed by atoms with Gasteiger partial charge in [0.25, 0.3) is 0 Å². The second-order valence-electron chi connectivity index (χ2n) is 6.11. The number of ether oxygens (including phenoxy) is 2. The summed E-state index contributed by atoms with van der Waals surface area (Å²) >= 11 is 6.39. The fourth-order valence-corrected chi connectivity index (χ4v) is 3.46. The first-order chi connectivity index (χ1) is 12.0. The molecule has 2 aromatic carbocycles. The van der Waals surface area contributed by atoms with Crippen LogP contribution in [0.1, 0.15) is 36.5 Å². The van der Waals surface area contributed by atoms with Crippen LogP contribution in [-0.2, 0) is 11.2 Å². The molecule has 0 radical (unpaired) electrons. The molecule has 132 valence electrons. The van der Waals surface area contributed by atoms with Gasteiger partial charge in [-0.05, 0) is 56.5 Å². The minimum Gasteiger partial charge on any atom is -0.490 e. The number of hydrogen-bond acceptors (Lipinski definition) is 3. The van der Waals surface area contributed by atoms with E-state index in [4.69, 9.17) is 21.1 Å². The van der Waals surface area contributed by atoms with Gasteiger partial charge in [0, 0.05) is 5.69 Å². The number of rotatable bonds is 6. The molecule has 0 unspecified atom stereocenters. The Balaban J connectivity index is 1.93. The van der Waals surface area contributed by atoms with Crippen molar-refractivity contribution in [3.05, 3.63) is 52.0 Å². The Labute approximate surface area is 153 Å². The quantitative estimate of drug-likeness (QED) is 0.811. The van der Waals surface area contributed by atoms with Crippen molar-refractivity contribution in [3.63, 3.8) is 0 Å². The number of carbonyl (C=O) groups is 1. The lowest BCUT2D eigenvalue weighted by molar-refractivity contribution is -0.117. The van der Waals surface area contributed by atoms with E-state index in [1.54, 1.807) is 0 Å². The average molecular weight is 360 g/mol. The maximum atomic E-state index is 12.4. The van der Waals surface area contributed by atoms with Crippen LogP contribution in [0.5, 0.6) is 11.5 Å². The predicted molar refractivity (Wildman–Crippen MR) is 100 cm³/mol. The summed E-state index contributed by atoms with van der Waals surface area (Å²) in [6, 6.07) is 9.80. The van der Waals surface area contributed by atoms with E-state index >= 15 is 0 Å². The van der Waals surface area contributed by atoms with Crippen molar-refractivity contribution >= 4 is 23.2 Å². The van der Waals surface area contributed by atoms with E-state index < -0.39 is 0 Å². The Morgan fingerprint density at radius 1 is 1.12 bits per heavy atom. The zero-order valence-corrected chi connectivity index (χ0v) is 15.4. The molecule has 1 aliphatic heterocycles. The molecule has 0 saturated carbocycles. The first-order valence-corrected chi connectivity index (χ1v) is 8.90. The molecule has 1 heterocycles. The molecular weight excluding hydrogens is 338 g/mol. The van der Waals surface area contributed by atoms with Gasteiger partial charge in [-0.2, -0.15) is 0 Å². The van der Waals surface area contributed by atoms with Crippen LogP contribution in [0.4, 0.5) is 5.69 Å². The molecule has 3 rings (SSSR count). The molecule has 5 heteroatoms. The molecule has 1 atom stereocenters. The molecule has 2 aromatic rings. The third-order valence-electron chi connectivity index (χ3n) is 4.25. The summed E-state index contributed by atoms with van der Waals surface area (Å²) in [5, 5.41) is 3.46. The van der Waals surface area contributed by atoms with Gasteiger partial charge in [-0.1, -0.05) is 29.3 Å². The van der Waals surface area contributed by atoms with Crippen molar-refractivity contribution in [2.75, 3.05) is 18.5 Å². The summed E-state index contributed by atoms with van der Waals surface area (Å²) in [6.07, 6.45) is 0.564. The fraction of sp³-hybridized carbons (Fsp3) is 0.350. The highest BCUT2D eigenvalue weighted by Gasteiger charge is 2.31. The van der Waals surface area contributed by atoms with Crippen LogP contribution in [0.25, 0.3) is 0 Å². The molecular formula is C20H22ClNO3. The molecule has 0 aromatic heterocycles. The molecule has 4 nitrogen and oxygen atoms in total. The molecule has 0 saturated heterocycles. The van der Waals surface area contributed by atoms with Gasteiger partial charge in [0.1, 0.15) is 0 Å². The van der Waals surface area contributed by atoms with Crippen molar-refractivity contribution in [1.82, 2.24) is 0 Å². The van der Waals surface area contributed by atoms with Crippen molar-refractivity contribution in [2.24, 2.45) is 0 Å². The summed E-state index contributed by atoms with van der Waals surface area (Å²) in [5.41, 5.74) is 4.02. The number of hydrogen-bond donors (Lipinski definition) is 1. The summed E-state index contributed by atoms with van der Waals surface area (Å²) in [4.78, 5) is 12.4. The monoisotopic (exact) mass is 359 g/mol. The highest BCUT2D eigenvalue weighted by molar-refractivity contribution is 6.32. The summed E-state index contributed by atoms with van der Waals surface area (Å²) in [5.74, 6) is 0.971. The number of anilines is 1. The first kappa shape index (κ1) is 17.6. The Kier molecular flexibility index (Phi) is 5.19. The standard InChI is InChI=1S/C20H22ClNO3/c1-4-24-18-11-13(10-16(21)19(18)25-5-2)9-15-14-8-12(3)6-7-17(14)22-20(15)23/h6-8,10-11,15H,4-5,9H2,1-3H3,(H,22,23)/t15-/m0/s1. The number of carbonyl (C=O) groups excluding carboxylic acids is 1. The van der Waals surface area contributed by atoms with Gasteiger partial charge in [-0.25, -0.2) is 0 Å². The second kappa shape index (κ2) is 7.36. The summed E-state index contributed by atoms with van der Waals surface area (Å²) in [7, 11) is 0. The minimum atomic E-state index is -0.224. The zero-order chi connectivity index (χ0) is 18.0. The largest absolute Gasteiger partial charge is 0.490 e. The van der Waals surface area contributed by atoms with E-state index in [1.165, 1.54) is 0 Å². The molecule has 1 aliphatic rings. The van der Waals surface area contributed by atoms with Crippen molar-refractivity contribution in [1.29, 1.82) is 0 Å². The van der Waals surface area contributed by atoms with Crippen molar-refractivity contribution < 1.29 is 14.3 Å². The van der Waals surface area contributed by atoms with Crippen LogP contribution in [0.2, 0.25) is 5.02 Å². The number of benzene rings is 2. The van der Waals surface area contributed by atoms with Gasteiger partial charge in [-0.15, -0.1) is 0 Å². The van der Waals surface area contributed by atoms with Crippen LogP contribution in [0, 0.1) is 6.92 Å². The van der Waals surface area contributed by atoms with Gasteiger partial charge in [0.05, 0.1) is 24.2 Å². The molecule has 1 N–H and O–H groups in total. The van der Waals surface area contributed by atoms with Crippen molar-refractivity contribution in [2.45, 2.75) is 33.1 Å². The smallest absolute Gasteiger partial charge is 0.232 e. The number of amides is 1. The minimum absolute atomic E-state index is 0.0172. The lowest BCUT2D eigenvalue weighted by Crippen LogP contribution is -2.14. The van der Waals surface area contributed by atoms with E-state index in [9.17, 15) is 4.79 Å². The third-order valence-corrected chi connectivity index (χ3v) is 4.54. The zero-order valence-electron chi connectivity index (χ0n) is 14.7. The van der Waals surface area contributed by atoms with E-state index in [-0.39, 0.29) is 11.8 Å². The Morgan fingerprint density at radius 2 is 1.88 bits per heavy atom. The molecule has 0 fully saturated rings. The Bertz CT molecular complexity index is 804. The Morgan fingerprint density at radius 3 is 2.60 bits per heavy atom. The lowest BCUT2D eigenvalue weighted by atomic mass is 9.92. The second-order valence-corrected chi connectivity index (χ2v) is 6.51.